The Balaban J connectivity index is 0.00000312. The third-order valence-electron chi connectivity index (χ3n) is 4.07. The lowest BCUT2D eigenvalue weighted by Crippen LogP contribution is -2.40. The summed E-state index contributed by atoms with van der Waals surface area (Å²) in [7, 11) is 3.67. The third kappa shape index (κ3) is 6.56. The summed E-state index contributed by atoms with van der Waals surface area (Å²) in [6.07, 6.45) is -1.76. The van der Waals surface area contributed by atoms with Gasteiger partial charge in [-0.1, -0.05) is 31.5 Å². The molecule has 0 amide bonds. The predicted octanol–water partition coefficient (Wildman–Crippen LogP) is 4.37. The second-order valence-electron chi connectivity index (χ2n) is 6.00. The summed E-state index contributed by atoms with van der Waals surface area (Å²) in [5.41, 5.74) is 0.582. The average molecular weight is 471 g/mol. The van der Waals surface area contributed by atoms with Gasteiger partial charge in [-0.15, -0.1) is 37.1 Å². The molecule has 25 heavy (non-hydrogen) atoms. The number of benzene rings is 1. The second-order valence-corrected chi connectivity index (χ2v) is 6.00. The summed E-state index contributed by atoms with van der Waals surface area (Å²) in [6.45, 7) is 3.01. The number of hydrogen-bond acceptors (Lipinski definition) is 2. The van der Waals surface area contributed by atoms with E-state index in [-0.39, 0.29) is 41.7 Å². The fraction of sp³-hybridized carbons (Fsp3) is 0.588. The van der Waals surface area contributed by atoms with Crippen LogP contribution in [0.3, 0.4) is 0 Å². The van der Waals surface area contributed by atoms with Gasteiger partial charge >= 0.3 is 6.36 Å². The Labute approximate surface area is 163 Å². The molecule has 0 bridgehead atoms. The molecule has 0 aromatic heterocycles. The van der Waals surface area contributed by atoms with Gasteiger partial charge in [-0.05, 0) is 24.5 Å². The van der Waals surface area contributed by atoms with Gasteiger partial charge in [0.05, 0.1) is 0 Å². The minimum absolute atomic E-state index is 0. The van der Waals surface area contributed by atoms with Gasteiger partial charge in [0.15, 0.2) is 5.96 Å². The van der Waals surface area contributed by atoms with E-state index >= 15 is 0 Å². The number of aliphatic imine (C=N–C) groups is 1. The van der Waals surface area contributed by atoms with Gasteiger partial charge in [0, 0.05) is 32.6 Å². The van der Waals surface area contributed by atoms with Crippen LogP contribution in [0.25, 0.3) is 0 Å². The minimum atomic E-state index is -4.68. The number of nitrogens with zero attached hydrogens (tertiary/aromatic N) is 2. The maximum atomic E-state index is 12.5. The largest absolute Gasteiger partial charge is 0.573 e. The molecule has 8 heteroatoms. The molecule has 2 rings (SSSR count). The highest BCUT2D eigenvalue weighted by molar-refractivity contribution is 14.0. The van der Waals surface area contributed by atoms with E-state index < -0.39 is 6.36 Å². The fourth-order valence-electron chi connectivity index (χ4n) is 2.72. The lowest BCUT2D eigenvalue weighted by Gasteiger charge is -2.22. The van der Waals surface area contributed by atoms with Crippen LogP contribution >= 0.6 is 24.0 Å². The van der Waals surface area contributed by atoms with Crippen molar-refractivity contribution in [1.29, 1.82) is 0 Å². The fourth-order valence-corrected chi connectivity index (χ4v) is 2.72. The summed E-state index contributed by atoms with van der Waals surface area (Å²) in [4.78, 5) is 6.29. The Kier molecular flexibility index (Phi) is 8.30. The number of para-hydroxylation sites is 1. The van der Waals surface area contributed by atoms with Crippen LogP contribution in [0.15, 0.2) is 29.3 Å². The van der Waals surface area contributed by atoms with Crippen molar-refractivity contribution in [3.63, 3.8) is 0 Å². The van der Waals surface area contributed by atoms with Gasteiger partial charge in [0.2, 0.25) is 0 Å². The number of guanidine groups is 1. The molecule has 0 aliphatic heterocycles. The smallest absolute Gasteiger partial charge is 0.405 e. The average Bonchev–Trinajstić information content (AvgIpc) is 3.28. The second kappa shape index (κ2) is 9.49. The molecule has 0 radical (unpaired) electrons. The van der Waals surface area contributed by atoms with E-state index in [2.05, 4.69) is 22.0 Å². The molecule has 1 N–H and O–H groups in total. The van der Waals surface area contributed by atoms with Crippen LogP contribution < -0.4 is 10.1 Å². The zero-order valence-corrected chi connectivity index (χ0v) is 17.0. The van der Waals surface area contributed by atoms with E-state index in [1.807, 2.05) is 11.9 Å². The van der Waals surface area contributed by atoms with Gasteiger partial charge in [-0.3, -0.25) is 4.99 Å². The number of nitrogens with one attached hydrogen (secondary N) is 1. The number of alkyl halides is 3. The van der Waals surface area contributed by atoms with E-state index in [4.69, 9.17) is 0 Å². The molecule has 1 fully saturated rings. The third-order valence-corrected chi connectivity index (χ3v) is 4.07. The molecule has 0 saturated heterocycles. The van der Waals surface area contributed by atoms with Crippen molar-refractivity contribution in [3.8, 4) is 5.75 Å². The van der Waals surface area contributed by atoms with Crippen molar-refractivity contribution >= 4 is 29.9 Å². The Morgan fingerprint density at radius 3 is 2.64 bits per heavy atom. The Morgan fingerprint density at radius 1 is 1.36 bits per heavy atom. The molecule has 142 valence electrons. The highest BCUT2D eigenvalue weighted by Crippen LogP contribution is 2.45. The van der Waals surface area contributed by atoms with E-state index in [9.17, 15) is 13.2 Å². The van der Waals surface area contributed by atoms with E-state index in [0.29, 0.717) is 5.56 Å². The van der Waals surface area contributed by atoms with Crippen LogP contribution in [0.1, 0.15) is 37.7 Å². The van der Waals surface area contributed by atoms with Gasteiger partial charge in [0.25, 0.3) is 0 Å². The number of rotatable bonds is 6. The molecule has 1 aliphatic rings. The van der Waals surface area contributed by atoms with E-state index in [1.54, 1.807) is 25.2 Å². The molecule has 1 saturated carbocycles. The summed E-state index contributed by atoms with van der Waals surface area (Å²) in [5, 5.41) is 3.33. The van der Waals surface area contributed by atoms with Crippen LogP contribution in [-0.2, 0) is 0 Å². The molecule has 4 nitrogen and oxygen atoms in total. The Hall–Kier alpha value is -1.19. The maximum absolute atomic E-state index is 12.5. The van der Waals surface area contributed by atoms with Crippen LogP contribution in [0.2, 0.25) is 0 Å². The van der Waals surface area contributed by atoms with Crippen molar-refractivity contribution in [2.45, 2.75) is 44.5 Å². The van der Waals surface area contributed by atoms with Gasteiger partial charge in [-0.2, -0.15) is 0 Å². The molecule has 1 aromatic carbocycles. The number of halogens is 4. The first kappa shape index (κ1) is 21.9. The minimum Gasteiger partial charge on any atom is -0.405 e. The first-order chi connectivity index (χ1) is 11.4. The molecular weight excluding hydrogens is 446 g/mol. The lowest BCUT2D eigenvalue weighted by atomic mass is 10.1. The summed E-state index contributed by atoms with van der Waals surface area (Å²) in [6, 6.07) is 6.41. The number of unbranched alkanes of at least 4 members (excludes halogenated alkanes) is 1. The zero-order chi connectivity index (χ0) is 17.7. The zero-order valence-electron chi connectivity index (χ0n) is 14.6. The number of hydrogen-bond donors (Lipinski definition) is 1. The van der Waals surface area contributed by atoms with Crippen molar-refractivity contribution in [2.75, 3.05) is 20.6 Å². The van der Waals surface area contributed by atoms with Crippen molar-refractivity contribution in [3.05, 3.63) is 29.8 Å². The molecular formula is C17H25F3IN3O. The monoisotopic (exact) mass is 471 g/mol. The summed E-state index contributed by atoms with van der Waals surface area (Å²) >= 11 is 0. The predicted molar refractivity (Wildman–Crippen MR) is 104 cm³/mol. The molecule has 1 aliphatic carbocycles. The quantitative estimate of drug-likeness (QED) is 0.381. The topological polar surface area (TPSA) is 36.9 Å². The molecule has 2 unspecified atom stereocenters. The Morgan fingerprint density at radius 2 is 2.04 bits per heavy atom. The summed E-state index contributed by atoms with van der Waals surface area (Å²) in [5.74, 6) is 0.652. The van der Waals surface area contributed by atoms with Crippen LogP contribution in [0, 0.1) is 0 Å². The first-order valence-corrected chi connectivity index (χ1v) is 8.14. The van der Waals surface area contributed by atoms with Crippen molar-refractivity contribution < 1.29 is 17.9 Å². The Bertz CT molecular complexity index is 581. The highest BCUT2D eigenvalue weighted by Gasteiger charge is 2.42. The van der Waals surface area contributed by atoms with Crippen LogP contribution in [0.4, 0.5) is 13.2 Å². The van der Waals surface area contributed by atoms with Gasteiger partial charge < -0.3 is 15.0 Å². The van der Waals surface area contributed by atoms with Crippen LogP contribution in [0.5, 0.6) is 5.75 Å². The van der Waals surface area contributed by atoms with Gasteiger partial charge in [-0.25, -0.2) is 0 Å². The molecule has 2 atom stereocenters. The first-order valence-electron chi connectivity index (χ1n) is 8.14. The standard InChI is InChI=1S/C17H24F3N3O.HI/c1-4-5-10-23(3)16(21-2)22-14-11-13(14)12-8-6-7-9-15(12)24-17(18,19)20;/h6-9,13-14H,4-5,10-11H2,1-3H3,(H,21,22);1H. The van der Waals surface area contributed by atoms with Crippen LogP contribution in [-0.4, -0.2) is 43.9 Å². The van der Waals surface area contributed by atoms with Crippen molar-refractivity contribution in [2.24, 2.45) is 4.99 Å². The SMILES string of the molecule is CCCCN(C)C(=NC)NC1CC1c1ccccc1OC(F)(F)F.I. The highest BCUT2D eigenvalue weighted by atomic mass is 127. The summed E-state index contributed by atoms with van der Waals surface area (Å²) < 4.78 is 41.7. The van der Waals surface area contributed by atoms with E-state index in [1.165, 1.54) is 6.07 Å². The molecule has 0 heterocycles. The van der Waals surface area contributed by atoms with Gasteiger partial charge in [0.1, 0.15) is 5.75 Å². The maximum Gasteiger partial charge on any atom is 0.573 e. The van der Waals surface area contributed by atoms with Crippen molar-refractivity contribution in [1.82, 2.24) is 10.2 Å². The molecule has 0 spiro atoms. The molecule has 1 aromatic rings. The van der Waals surface area contributed by atoms with E-state index in [0.717, 1.165) is 31.8 Å². The normalized spacial score (nSPS) is 19.8. The number of ether oxygens (including phenoxy) is 1. The lowest BCUT2D eigenvalue weighted by molar-refractivity contribution is -0.274.